The standard InChI is InChI=1S/C16H19FN4O/c1-10(12-3-5-13(17)6-4-12)18-16(22)21-8-7-15-14(9-21)11(2)19-20-15/h3-6,10H,7-9H2,1-2H3,(H,18,22)(H,19,20). The second-order valence-electron chi connectivity index (χ2n) is 5.67. The van der Waals surface area contributed by atoms with E-state index in [4.69, 9.17) is 0 Å². The monoisotopic (exact) mass is 302 g/mol. The molecule has 6 heteroatoms. The highest BCUT2D eigenvalue weighted by Gasteiger charge is 2.24. The Kier molecular flexibility index (Phi) is 3.83. The first-order chi connectivity index (χ1) is 10.5. The average molecular weight is 302 g/mol. The van der Waals surface area contributed by atoms with Gasteiger partial charge in [-0.05, 0) is 31.5 Å². The third-order valence-electron chi connectivity index (χ3n) is 4.12. The molecule has 1 aromatic carbocycles. The minimum absolute atomic E-state index is 0.108. The number of halogens is 1. The minimum Gasteiger partial charge on any atom is -0.331 e. The van der Waals surface area contributed by atoms with Crippen molar-refractivity contribution in [3.05, 3.63) is 52.6 Å². The van der Waals surface area contributed by atoms with Crippen molar-refractivity contribution in [2.24, 2.45) is 0 Å². The molecule has 0 spiro atoms. The van der Waals surface area contributed by atoms with Crippen LogP contribution in [-0.4, -0.2) is 27.7 Å². The van der Waals surface area contributed by atoms with Gasteiger partial charge in [0.15, 0.2) is 0 Å². The summed E-state index contributed by atoms with van der Waals surface area (Å²) in [6.45, 7) is 5.08. The van der Waals surface area contributed by atoms with E-state index in [1.807, 2.05) is 13.8 Å². The fraction of sp³-hybridized carbons (Fsp3) is 0.375. The van der Waals surface area contributed by atoms with Crippen LogP contribution in [0.25, 0.3) is 0 Å². The zero-order chi connectivity index (χ0) is 15.7. The highest BCUT2D eigenvalue weighted by molar-refractivity contribution is 5.75. The molecule has 1 unspecified atom stereocenters. The van der Waals surface area contributed by atoms with Crippen LogP contribution in [-0.2, 0) is 13.0 Å². The molecular formula is C16H19FN4O. The molecule has 2 heterocycles. The van der Waals surface area contributed by atoms with Gasteiger partial charge in [0.1, 0.15) is 5.82 Å². The van der Waals surface area contributed by atoms with Gasteiger partial charge in [-0.2, -0.15) is 5.10 Å². The molecular weight excluding hydrogens is 283 g/mol. The van der Waals surface area contributed by atoms with Gasteiger partial charge in [0.2, 0.25) is 0 Å². The number of H-pyrrole nitrogens is 1. The van der Waals surface area contributed by atoms with Crippen LogP contribution in [0.1, 0.15) is 35.5 Å². The van der Waals surface area contributed by atoms with E-state index in [2.05, 4.69) is 15.5 Å². The number of aryl methyl sites for hydroxylation is 1. The van der Waals surface area contributed by atoms with Gasteiger partial charge in [-0.25, -0.2) is 9.18 Å². The molecule has 0 fully saturated rings. The van der Waals surface area contributed by atoms with Crippen molar-refractivity contribution in [1.29, 1.82) is 0 Å². The van der Waals surface area contributed by atoms with Gasteiger partial charge in [-0.3, -0.25) is 5.10 Å². The minimum atomic E-state index is -0.277. The van der Waals surface area contributed by atoms with Crippen LogP contribution in [0.2, 0.25) is 0 Å². The molecule has 0 bridgehead atoms. The lowest BCUT2D eigenvalue weighted by molar-refractivity contribution is 0.189. The first kappa shape index (κ1) is 14.6. The number of hydrogen-bond donors (Lipinski definition) is 2. The number of benzene rings is 1. The summed E-state index contributed by atoms with van der Waals surface area (Å²) < 4.78 is 12.9. The van der Waals surface area contributed by atoms with Crippen LogP contribution in [0.15, 0.2) is 24.3 Å². The highest BCUT2D eigenvalue weighted by Crippen LogP contribution is 2.20. The Morgan fingerprint density at radius 3 is 2.86 bits per heavy atom. The fourth-order valence-corrected chi connectivity index (χ4v) is 2.71. The largest absolute Gasteiger partial charge is 0.331 e. The maximum atomic E-state index is 12.9. The molecule has 0 aliphatic carbocycles. The third kappa shape index (κ3) is 2.81. The summed E-state index contributed by atoms with van der Waals surface area (Å²) in [4.78, 5) is 14.2. The van der Waals surface area contributed by atoms with Crippen molar-refractivity contribution in [2.75, 3.05) is 6.54 Å². The summed E-state index contributed by atoms with van der Waals surface area (Å²) in [6, 6.07) is 5.91. The Morgan fingerprint density at radius 2 is 2.14 bits per heavy atom. The molecule has 1 aromatic heterocycles. The Bertz CT molecular complexity index is 680. The predicted molar refractivity (Wildman–Crippen MR) is 80.8 cm³/mol. The van der Waals surface area contributed by atoms with E-state index >= 15 is 0 Å². The lowest BCUT2D eigenvalue weighted by atomic mass is 10.1. The maximum absolute atomic E-state index is 12.9. The topological polar surface area (TPSA) is 61.0 Å². The van der Waals surface area contributed by atoms with Gasteiger partial charge < -0.3 is 10.2 Å². The Morgan fingerprint density at radius 1 is 1.41 bits per heavy atom. The predicted octanol–water partition coefficient (Wildman–Crippen LogP) is 2.69. The molecule has 3 rings (SSSR count). The zero-order valence-electron chi connectivity index (χ0n) is 12.7. The van der Waals surface area contributed by atoms with Crippen molar-refractivity contribution in [3.63, 3.8) is 0 Å². The average Bonchev–Trinajstić information content (AvgIpc) is 2.88. The first-order valence-corrected chi connectivity index (χ1v) is 7.38. The van der Waals surface area contributed by atoms with Crippen molar-refractivity contribution in [2.45, 2.75) is 32.9 Å². The van der Waals surface area contributed by atoms with Crippen LogP contribution in [0, 0.1) is 12.7 Å². The fourth-order valence-electron chi connectivity index (χ4n) is 2.71. The highest BCUT2D eigenvalue weighted by atomic mass is 19.1. The van der Waals surface area contributed by atoms with Crippen LogP contribution in [0.3, 0.4) is 0 Å². The van der Waals surface area contributed by atoms with Crippen molar-refractivity contribution in [1.82, 2.24) is 20.4 Å². The Hall–Kier alpha value is -2.37. The second-order valence-corrected chi connectivity index (χ2v) is 5.67. The normalized spacial score (nSPS) is 15.3. The van der Waals surface area contributed by atoms with Crippen molar-refractivity contribution < 1.29 is 9.18 Å². The zero-order valence-corrected chi connectivity index (χ0v) is 12.7. The number of hydrogen-bond acceptors (Lipinski definition) is 2. The molecule has 0 saturated heterocycles. The van der Waals surface area contributed by atoms with Gasteiger partial charge >= 0.3 is 6.03 Å². The van der Waals surface area contributed by atoms with E-state index in [1.54, 1.807) is 17.0 Å². The van der Waals surface area contributed by atoms with Crippen LogP contribution < -0.4 is 5.32 Å². The van der Waals surface area contributed by atoms with E-state index in [0.717, 1.165) is 28.9 Å². The molecule has 22 heavy (non-hydrogen) atoms. The number of nitrogens with one attached hydrogen (secondary N) is 2. The molecule has 2 amide bonds. The number of nitrogens with zero attached hydrogens (tertiary/aromatic N) is 2. The molecule has 1 aliphatic rings. The van der Waals surface area contributed by atoms with E-state index in [0.29, 0.717) is 13.1 Å². The van der Waals surface area contributed by atoms with Gasteiger partial charge in [-0.1, -0.05) is 12.1 Å². The number of urea groups is 1. The van der Waals surface area contributed by atoms with Gasteiger partial charge in [0, 0.05) is 24.2 Å². The van der Waals surface area contributed by atoms with E-state index in [1.165, 1.54) is 12.1 Å². The summed E-state index contributed by atoms with van der Waals surface area (Å²) in [6.07, 6.45) is 0.762. The molecule has 2 aromatic rings. The summed E-state index contributed by atoms with van der Waals surface area (Å²) in [5, 5.41) is 10.2. The summed E-state index contributed by atoms with van der Waals surface area (Å²) >= 11 is 0. The second kappa shape index (κ2) is 5.79. The molecule has 1 aliphatic heterocycles. The van der Waals surface area contributed by atoms with Gasteiger partial charge in [-0.15, -0.1) is 0 Å². The maximum Gasteiger partial charge on any atom is 0.318 e. The first-order valence-electron chi connectivity index (χ1n) is 7.38. The van der Waals surface area contributed by atoms with Gasteiger partial charge in [0.25, 0.3) is 0 Å². The van der Waals surface area contributed by atoms with Crippen LogP contribution in [0.5, 0.6) is 0 Å². The van der Waals surface area contributed by atoms with E-state index in [-0.39, 0.29) is 17.9 Å². The number of fused-ring (bicyclic) bond motifs is 1. The number of carbonyl (C=O) groups is 1. The van der Waals surface area contributed by atoms with Crippen LogP contribution >= 0.6 is 0 Å². The molecule has 1 atom stereocenters. The molecule has 0 radical (unpaired) electrons. The van der Waals surface area contributed by atoms with Crippen molar-refractivity contribution in [3.8, 4) is 0 Å². The van der Waals surface area contributed by atoms with E-state index < -0.39 is 0 Å². The van der Waals surface area contributed by atoms with E-state index in [9.17, 15) is 9.18 Å². The Labute approximate surface area is 128 Å². The number of aromatic amines is 1. The SMILES string of the molecule is Cc1[nH]nc2c1CN(C(=O)NC(C)c1ccc(F)cc1)CC2. The lowest BCUT2D eigenvalue weighted by Gasteiger charge is -2.28. The molecule has 116 valence electrons. The molecule has 0 saturated carbocycles. The summed E-state index contributed by atoms with van der Waals surface area (Å²) in [7, 11) is 0. The lowest BCUT2D eigenvalue weighted by Crippen LogP contribution is -2.43. The number of aromatic nitrogens is 2. The molecule has 5 nitrogen and oxygen atoms in total. The summed E-state index contributed by atoms with van der Waals surface area (Å²) in [5.74, 6) is -0.277. The van der Waals surface area contributed by atoms with Gasteiger partial charge in [0.05, 0.1) is 18.3 Å². The third-order valence-corrected chi connectivity index (χ3v) is 4.12. The molecule has 2 N–H and O–H groups in total. The number of amides is 2. The number of rotatable bonds is 2. The quantitative estimate of drug-likeness (QED) is 0.896. The van der Waals surface area contributed by atoms with Crippen LogP contribution in [0.4, 0.5) is 9.18 Å². The van der Waals surface area contributed by atoms with Crippen molar-refractivity contribution >= 4 is 6.03 Å². The summed E-state index contributed by atoms with van der Waals surface area (Å²) in [5.41, 5.74) is 4.05. The number of carbonyl (C=O) groups excluding carboxylic acids is 1. The Balaban J connectivity index is 1.65. The smallest absolute Gasteiger partial charge is 0.318 e.